The van der Waals surface area contributed by atoms with Crippen molar-refractivity contribution in [3.8, 4) is 0 Å². The minimum absolute atomic E-state index is 0.125. The van der Waals surface area contributed by atoms with Gasteiger partial charge in [-0.25, -0.2) is 13.1 Å². The van der Waals surface area contributed by atoms with Crippen LogP contribution in [0.3, 0.4) is 0 Å². The van der Waals surface area contributed by atoms with E-state index >= 15 is 0 Å². The molecule has 1 aliphatic carbocycles. The number of rotatable bonds is 6. The van der Waals surface area contributed by atoms with Crippen molar-refractivity contribution in [2.45, 2.75) is 82.7 Å². The fourth-order valence-corrected chi connectivity index (χ4v) is 6.00. The molecule has 6 nitrogen and oxygen atoms in total. The third-order valence-electron chi connectivity index (χ3n) is 6.12. The van der Waals surface area contributed by atoms with Crippen LogP contribution >= 0.6 is 0 Å². The molecule has 168 valence electrons. The van der Waals surface area contributed by atoms with Gasteiger partial charge in [0.1, 0.15) is 0 Å². The minimum Gasteiger partial charge on any atom is -0.349 e. The molecule has 30 heavy (non-hydrogen) atoms. The summed E-state index contributed by atoms with van der Waals surface area (Å²) >= 11 is 0. The lowest BCUT2D eigenvalue weighted by molar-refractivity contribution is 0.0905. The molecule has 3 rings (SSSR count). The maximum Gasteiger partial charge on any atom is 0.251 e. The van der Waals surface area contributed by atoms with Crippen LogP contribution in [0.5, 0.6) is 0 Å². The summed E-state index contributed by atoms with van der Waals surface area (Å²) < 4.78 is 28.0. The van der Waals surface area contributed by atoms with E-state index in [9.17, 15) is 13.2 Å². The summed E-state index contributed by atoms with van der Waals surface area (Å²) in [5, 5.41) is 3.14. The van der Waals surface area contributed by atoms with Crippen LogP contribution in [0.2, 0.25) is 0 Å². The molecule has 0 radical (unpaired) electrons. The molecule has 2 fully saturated rings. The zero-order valence-corrected chi connectivity index (χ0v) is 19.6. The lowest BCUT2D eigenvalue weighted by Crippen LogP contribution is -2.45. The van der Waals surface area contributed by atoms with Crippen molar-refractivity contribution in [2.75, 3.05) is 19.6 Å². The van der Waals surface area contributed by atoms with Crippen LogP contribution in [0.1, 0.15) is 75.2 Å². The molecule has 7 heteroatoms. The number of amides is 1. The highest BCUT2D eigenvalue weighted by atomic mass is 32.2. The fourth-order valence-electron chi connectivity index (χ4n) is 4.56. The molecule has 2 N–H and O–H groups in total. The summed E-state index contributed by atoms with van der Waals surface area (Å²) in [6.45, 7) is 10.5. The highest BCUT2D eigenvalue weighted by Gasteiger charge is 2.26. The van der Waals surface area contributed by atoms with Gasteiger partial charge in [-0.3, -0.25) is 4.79 Å². The van der Waals surface area contributed by atoms with Crippen molar-refractivity contribution in [3.05, 3.63) is 29.3 Å². The second kappa shape index (κ2) is 9.37. The van der Waals surface area contributed by atoms with Gasteiger partial charge in [-0.2, -0.15) is 0 Å². The van der Waals surface area contributed by atoms with Crippen LogP contribution in [0.25, 0.3) is 0 Å². The maximum atomic E-state index is 12.9. The number of aryl methyl sites for hydroxylation is 1. The van der Waals surface area contributed by atoms with Gasteiger partial charge in [-0.1, -0.05) is 18.9 Å². The summed E-state index contributed by atoms with van der Waals surface area (Å²) in [6, 6.07) is 4.90. The molecule has 0 aromatic heterocycles. The van der Waals surface area contributed by atoms with E-state index in [-0.39, 0.29) is 16.8 Å². The predicted molar refractivity (Wildman–Crippen MR) is 120 cm³/mol. The highest BCUT2D eigenvalue weighted by Crippen LogP contribution is 2.26. The van der Waals surface area contributed by atoms with Gasteiger partial charge >= 0.3 is 0 Å². The van der Waals surface area contributed by atoms with Crippen LogP contribution in [0.15, 0.2) is 23.1 Å². The average Bonchev–Trinajstić information content (AvgIpc) is 3.14. The van der Waals surface area contributed by atoms with E-state index in [2.05, 4.69) is 14.9 Å². The molecule has 1 saturated carbocycles. The van der Waals surface area contributed by atoms with Crippen molar-refractivity contribution in [1.82, 2.24) is 14.9 Å². The molecule has 0 atom stereocenters. The zero-order valence-electron chi connectivity index (χ0n) is 18.8. The van der Waals surface area contributed by atoms with Gasteiger partial charge in [0.2, 0.25) is 10.0 Å². The monoisotopic (exact) mass is 435 g/mol. The van der Waals surface area contributed by atoms with E-state index in [4.69, 9.17) is 0 Å². The Morgan fingerprint density at radius 2 is 1.73 bits per heavy atom. The Kier molecular flexibility index (Phi) is 7.25. The first-order chi connectivity index (χ1) is 14.0. The second-order valence-corrected chi connectivity index (χ2v) is 11.7. The van der Waals surface area contributed by atoms with E-state index in [1.165, 1.54) is 38.3 Å². The smallest absolute Gasteiger partial charge is 0.251 e. The van der Waals surface area contributed by atoms with Gasteiger partial charge in [-0.15, -0.1) is 0 Å². The summed E-state index contributed by atoms with van der Waals surface area (Å²) in [5.74, 6) is 0.666. The van der Waals surface area contributed by atoms with Crippen LogP contribution in [0, 0.1) is 12.8 Å². The molecule has 1 amide bonds. The molecule has 1 aliphatic heterocycles. The maximum absolute atomic E-state index is 12.9. The number of nitrogens with one attached hydrogen (secondary N) is 2. The summed E-state index contributed by atoms with van der Waals surface area (Å²) in [4.78, 5) is 15.6. The van der Waals surface area contributed by atoms with E-state index in [0.717, 1.165) is 37.4 Å². The third-order valence-corrected chi connectivity index (χ3v) is 7.87. The SMILES string of the molecule is Cc1ccc(S(=O)(=O)NC(C)(C)C)cc1C(=O)NC1CCN(CC2CCCC2)CC1. The van der Waals surface area contributed by atoms with Crippen LogP contribution < -0.4 is 10.0 Å². The van der Waals surface area contributed by atoms with E-state index in [1.54, 1.807) is 32.9 Å². The molecule has 0 spiro atoms. The number of piperidine rings is 1. The van der Waals surface area contributed by atoms with Crippen molar-refractivity contribution >= 4 is 15.9 Å². The first kappa shape index (κ1) is 23.2. The second-order valence-electron chi connectivity index (χ2n) is 10.0. The Hall–Kier alpha value is -1.44. The standard InChI is InChI=1S/C23H37N3O3S/c1-17-9-10-20(30(28,29)25-23(2,3)4)15-21(17)22(27)24-19-11-13-26(14-12-19)16-18-7-5-6-8-18/h9-10,15,18-19,25H,5-8,11-14,16H2,1-4H3,(H,24,27). The Bertz CT molecular complexity index is 847. The van der Waals surface area contributed by atoms with Gasteiger partial charge in [0.15, 0.2) is 0 Å². The summed E-state index contributed by atoms with van der Waals surface area (Å²) in [7, 11) is -3.68. The molecule has 0 bridgehead atoms. The van der Waals surface area contributed by atoms with Crippen molar-refractivity contribution in [3.63, 3.8) is 0 Å². The van der Waals surface area contributed by atoms with Crippen molar-refractivity contribution in [2.24, 2.45) is 5.92 Å². The lowest BCUT2D eigenvalue weighted by atomic mass is 10.0. The third kappa shape index (κ3) is 6.28. The van der Waals surface area contributed by atoms with Crippen LogP contribution in [-0.4, -0.2) is 50.4 Å². The van der Waals surface area contributed by atoms with Gasteiger partial charge < -0.3 is 10.2 Å². The number of benzene rings is 1. The number of nitrogens with zero attached hydrogens (tertiary/aromatic N) is 1. The molecule has 0 unspecified atom stereocenters. The average molecular weight is 436 g/mol. The summed E-state index contributed by atoms with van der Waals surface area (Å²) in [6.07, 6.45) is 7.36. The van der Waals surface area contributed by atoms with Gasteiger partial charge in [-0.05, 0) is 77.0 Å². The molecule has 1 aromatic carbocycles. The minimum atomic E-state index is -3.68. The van der Waals surface area contributed by atoms with Crippen molar-refractivity contribution < 1.29 is 13.2 Å². The number of carbonyl (C=O) groups is 1. The van der Waals surface area contributed by atoms with Gasteiger partial charge in [0.05, 0.1) is 4.90 Å². The lowest BCUT2D eigenvalue weighted by Gasteiger charge is -2.34. The van der Waals surface area contributed by atoms with Gasteiger partial charge in [0.25, 0.3) is 5.91 Å². The van der Waals surface area contributed by atoms with Crippen molar-refractivity contribution in [1.29, 1.82) is 0 Å². The zero-order chi connectivity index (χ0) is 21.9. The summed E-state index contributed by atoms with van der Waals surface area (Å²) in [5.41, 5.74) is 0.625. The number of sulfonamides is 1. The van der Waals surface area contributed by atoms with E-state index < -0.39 is 15.6 Å². The Morgan fingerprint density at radius 1 is 1.10 bits per heavy atom. The van der Waals surface area contributed by atoms with E-state index in [1.807, 2.05) is 6.92 Å². The topological polar surface area (TPSA) is 78.5 Å². The Labute approximate surface area is 181 Å². The molecule has 1 heterocycles. The number of likely N-dealkylation sites (tertiary alicyclic amines) is 1. The predicted octanol–water partition coefficient (Wildman–Crippen LogP) is 3.46. The largest absolute Gasteiger partial charge is 0.349 e. The molecular formula is C23H37N3O3S. The highest BCUT2D eigenvalue weighted by molar-refractivity contribution is 7.89. The number of hydrogen-bond acceptors (Lipinski definition) is 4. The quantitative estimate of drug-likeness (QED) is 0.717. The fraction of sp³-hybridized carbons (Fsp3) is 0.696. The Morgan fingerprint density at radius 3 is 2.33 bits per heavy atom. The van der Waals surface area contributed by atoms with E-state index in [0.29, 0.717) is 5.56 Å². The first-order valence-corrected chi connectivity index (χ1v) is 12.7. The molecular weight excluding hydrogens is 398 g/mol. The number of hydrogen-bond donors (Lipinski definition) is 2. The van der Waals surface area contributed by atoms with Gasteiger partial charge in [0, 0.05) is 36.8 Å². The first-order valence-electron chi connectivity index (χ1n) is 11.2. The normalized spacial score (nSPS) is 19.9. The molecule has 1 aromatic rings. The molecule has 2 aliphatic rings. The van der Waals surface area contributed by atoms with Crippen LogP contribution in [-0.2, 0) is 10.0 Å². The number of carbonyl (C=O) groups excluding carboxylic acids is 1. The van der Waals surface area contributed by atoms with Crippen LogP contribution in [0.4, 0.5) is 0 Å². The Balaban J connectivity index is 1.60. The molecule has 1 saturated heterocycles.